The lowest BCUT2D eigenvalue weighted by Gasteiger charge is -2.58. The normalized spacial score (nSPS) is 42.0. The minimum absolute atomic E-state index is 0.0202. The van der Waals surface area contributed by atoms with E-state index >= 15 is 0 Å². The third-order valence-electron chi connectivity index (χ3n) is 17.7. The van der Waals surface area contributed by atoms with E-state index in [1.54, 1.807) is 12.2 Å². The Bertz CT molecular complexity index is 1930. The molecule has 8 rings (SSSR count). The Kier molecular flexibility index (Phi) is 11.4. The Labute approximate surface area is 350 Å². The van der Waals surface area contributed by atoms with Gasteiger partial charge in [-0.2, -0.15) is 43.2 Å². The maximum absolute atomic E-state index is 12.9. The second kappa shape index (κ2) is 15.1. The van der Waals surface area contributed by atoms with Crippen LogP contribution in [-0.4, -0.2) is 76.7 Å². The fourth-order valence-corrected chi connectivity index (χ4v) is 15.2. The minimum Gasteiger partial charge on any atom is -0.380 e. The van der Waals surface area contributed by atoms with E-state index in [2.05, 4.69) is 22.2 Å². The highest BCUT2D eigenvalue weighted by Gasteiger charge is 2.62. The fraction of sp³-hybridized carbons (Fsp3) is 0.857. The van der Waals surface area contributed by atoms with Gasteiger partial charge in [-0.05, 0) is 147 Å². The van der Waals surface area contributed by atoms with E-state index in [1.807, 2.05) is 37.7 Å². The van der Waals surface area contributed by atoms with Crippen LogP contribution in [0.3, 0.4) is 0 Å². The molecular formula is C42H60F6N2O8S2. The van der Waals surface area contributed by atoms with Crippen LogP contribution >= 0.6 is 0 Å². The Hall–Kier alpha value is -2.50. The molecule has 0 unspecified atom stereocenters. The van der Waals surface area contributed by atoms with Gasteiger partial charge in [0.05, 0.1) is 0 Å². The van der Waals surface area contributed by atoms with Crippen LogP contribution in [0.4, 0.5) is 26.3 Å². The number of rotatable bonds is 4. The monoisotopic (exact) mass is 898 g/mol. The van der Waals surface area contributed by atoms with Crippen LogP contribution in [-0.2, 0) is 38.2 Å². The summed E-state index contributed by atoms with van der Waals surface area (Å²) < 4.78 is 133. The standard InChI is InChI=1S/2C21H30F3NO4S/c1-19-11-9-18(26)25(3)12-13(19)4-5-14-15-6-7-17(20(15,2)10-8-16(14)19)29-30(27,28)21(22,23)24;1-19-10-11-25(3)18(26)12-13(19)4-5-14-15-6-7-17(20(15,2)9-8-16(14)19)29-30(27,28)21(22,23)24/h2*7,13-16H,4-6,8-12H2,1-3H3/t2*13-,14-,15-,16-,19-,20-/m00/s1. The third kappa shape index (κ3) is 7.38. The van der Waals surface area contributed by atoms with Crippen molar-refractivity contribution in [2.75, 3.05) is 27.2 Å². The number of carbonyl (C=O) groups excluding carboxylic acids is 2. The van der Waals surface area contributed by atoms with Crippen molar-refractivity contribution in [3.8, 4) is 0 Å². The van der Waals surface area contributed by atoms with Crippen LogP contribution in [0.15, 0.2) is 23.7 Å². The molecule has 2 aliphatic heterocycles. The van der Waals surface area contributed by atoms with Gasteiger partial charge in [0.2, 0.25) is 11.8 Å². The Morgan fingerprint density at radius 2 is 1.05 bits per heavy atom. The van der Waals surface area contributed by atoms with Gasteiger partial charge in [0, 0.05) is 50.9 Å². The van der Waals surface area contributed by atoms with E-state index < -0.39 is 42.1 Å². The quantitative estimate of drug-likeness (QED) is 0.156. The largest absolute Gasteiger partial charge is 0.534 e. The van der Waals surface area contributed by atoms with Gasteiger partial charge < -0.3 is 18.2 Å². The van der Waals surface area contributed by atoms with Crippen molar-refractivity contribution in [1.82, 2.24) is 9.80 Å². The van der Waals surface area contributed by atoms with Crippen molar-refractivity contribution >= 4 is 32.1 Å². The molecule has 4 saturated carbocycles. The van der Waals surface area contributed by atoms with Crippen LogP contribution in [0.25, 0.3) is 0 Å². The molecule has 2 saturated heterocycles. The number of halogens is 6. The molecule has 0 aromatic rings. The molecule has 0 bridgehead atoms. The van der Waals surface area contributed by atoms with Crippen molar-refractivity contribution in [2.24, 2.45) is 69.0 Å². The molecule has 340 valence electrons. The summed E-state index contributed by atoms with van der Waals surface area (Å²) >= 11 is 0. The predicted molar refractivity (Wildman–Crippen MR) is 209 cm³/mol. The first-order valence-electron chi connectivity index (χ1n) is 21.5. The Morgan fingerprint density at radius 3 is 1.52 bits per heavy atom. The van der Waals surface area contributed by atoms with Crippen molar-refractivity contribution < 1.29 is 61.1 Å². The van der Waals surface area contributed by atoms with Gasteiger partial charge in [-0.3, -0.25) is 9.59 Å². The topological polar surface area (TPSA) is 127 Å². The summed E-state index contributed by atoms with van der Waals surface area (Å²) in [6, 6.07) is 0. The lowest BCUT2D eigenvalue weighted by atomic mass is 9.46. The van der Waals surface area contributed by atoms with Crippen LogP contribution < -0.4 is 0 Å². The number of fused-ring (bicyclic) bond motifs is 10. The molecule has 6 aliphatic carbocycles. The number of hydrogen-bond donors (Lipinski definition) is 0. The smallest absolute Gasteiger partial charge is 0.380 e. The van der Waals surface area contributed by atoms with Crippen LogP contribution in [0, 0.1) is 69.0 Å². The second-order valence-corrected chi connectivity index (χ2v) is 23.4. The molecule has 0 N–H and O–H groups in total. The van der Waals surface area contributed by atoms with Crippen molar-refractivity contribution in [1.29, 1.82) is 0 Å². The van der Waals surface area contributed by atoms with Crippen LogP contribution in [0.1, 0.15) is 118 Å². The molecule has 10 nitrogen and oxygen atoms in total. The lowest BCUT2D eigenvalue weighted by molar-refractivity contribution is -0.132. The van der Waals surface area contributed by atoms with Crippen molar-refractivity contribution in [2.45, 2.75) is 129 Å². The number of amides is 2. The maximum atomic E-state index is 12.9. The van der Waals surface area contributed by atoms with Gasteiger partial charge in [0.25, 0.3) is 0 Å². The third-order valence-corrected chi connectivity index (χ3v) is 19.7. The highest BCUT2D eigenvalue weighted by atomic mass is 32.2. The van der Waals surface area contributed by atoms with Crippen LogP contribution in [0.5, 0.6) is 0 Å². The zero-order chi connectivity index (χ0) is 44.2. The van der Waals surface area contributed by atoms with Crippen LogP contribution in [0.2, 0.25) is 0 Å². The molecule has 2 amide bonds. The summed E-state index contributed by atoms with van der Waals surface area (Å²) in [5.41, 5.74) is -12.2. The predicted octanol–water partition coefficient (Wildman–Crippen LogP) is 8.91. The fourth-order valence-electron chi connectivity index (χ4n) is 14.0. The molecule has 0 aromatic carbocycles. The molecule has 12 atom stereocenters. The molecule has 0 radical (unpaired) electrons. The van der Waals surface area contributed by atoms with E-state index in [1.165, 1.54) is 0 Å². The number of likely N-dealkylation sites (tertiary alicyclic amines) is 2. The van der Waals surface area contributed by atoms with Crippen molar-refractivity contribution in [3.63, 3.8) is 0 Å². The summed E-state index contributed by atoms with van der Waals surface area (Å²) in [5, 5.41) is 0. The zero-order valence-corrected chi connectivity index (χ0v) is 37.0. The molecular weight excluding hydrogens is 839 g/mol. The first-order chi connectivity index (χ1) is 27.6. The summed E-state index contributed by atoms with van der Waals surface area (Å²) in [4.78, 5) is 28.4. The number of alkyl halides is 6. The Morgan fingerprint density at radius 1 is 0.600 bits per heavy atom. The molecule has 0 aromatic heterocycles. The van der Waals surface area contributed by atoms with E-state index in [0.717, 1.165) is 64.5 Å². The molecule has 6 fully saturated rings. The minimum atomic E-state index is -5.66. The SMILES string of the molecule is CN1CC[C@@]2(C)[C@@H](CC[C@@H]3[C@@H]2CC[C@]2(C)C(OS(=O)(=O)C(F)(F)F)=CC[C@@H]32)CC1=O.CN1C[C@@H]2CC[C@@H]3[C@H](CC[C@]4(C)C(OS(=O)(=O)C(F)(F)F)=CC[C@@H]34)[C@@]2(C)CCC1=O. The first kappa shape index (κ1) is 45.5. The zero-order valence-electron chi connectivity index (χ0n) is 35.3. The summed E-state index contributed by atoms with van der Waals surface area (Å²) in [5.74, 6) is 2.58. The van der Waals surface area contributed by atoms with Crippen molar-refractivity contribution in [3.05, 3.63) is 23.7 Å². The summed E-state index contributed by atoms with van der Waals surface area (Å²) in [6.45, 7) is 9.79. The maximum Gasteiger partial charge on any atom is 0.534 e. The van der Waals surface area contributed by atoms with Gasteiger partial charge in [0.15, 0.2) is 0 Å². The lowest BCUT2D eigenvalue weighted by Crippen LogP contribution is -2.52. The summed E-state index contributed by atoms with van der Waals surface area (Å²) in [6.07, 6.45) is 13.7. The number of allylic oxidation sites excluding steroid dienone is 4. The highest BCUT2D eigenvalue weighted by Crippen LogP contribution is 2.67. The number of carbonyl (C=O) groups is 2. The van der Waals surface area contributed by atoms with Gasteiger partial charge in [-0.25, -0.2) is 0 Å². The number of hydrogen-bond acceptors (Lipinski definition) is 8. The van der Waals surface area contributed by atoms with Gasteiger partial charge >= 0.3 is 31.3 Å². The molecule has 18 heteroatoms. The highest BCUT2D eigenvalue weighted by molar-refractivity contribution is 7.88. The Balaban J connectivity index is 0.000000181. The van der Waals surface area contributed by atoms with E-state index in [9.17, 15) is 52.8 Å². The first-order valence-corrected chi connectivity index (χ1v) is 24.3. The van der Waals surface area contributed by atoms with Gasteiger partial charge in [-0.1, -0.05) is 27.7 Å². The van der Waals surface area contributed by atoms with E-state index in [-0.39, 0.29) is 46.0 Å². The van der Waals surface area contributed by atoms with Gasteiger partial charge in [0.1, 0.15) is 11.5 Å². The second-order valence-electron chi connectivity index (χ2n) is 20.3. The average molecular weight is 899 g/mol. The summed E-state index contributed by atoms with van der Waals surface area (Å²) in [7, 11) is -7.60. The van der Waals surface area contributed by atoms with E-state index in [4.69, 9.17) is 0 Å². The average Bonchev–Trinajstić information content (AvgIpc) is 3.57. The molecule has 8 aliphatic rings. The molecule has 2 heterocycles. The molecule has 60 heavy (non-hydrogen) atoms. The van der Waals surface area contributed by atoms with E-state index in [0.29, 0.717) is 74.0 Å². The van der Waals surface area contributed by atoms with Gasteiger partial charge in [-0.15, -0.1) is 0 Å². The number of nitrogens with zero attached hydrogens (tertiary/aromatic N) is 2. The molecule has 0 spiro atoms.